The van der Waals surface area contributed by atoms with Gasteiger partial charge in [0, 0.05) is 24.7 Å². The number of ether oxygens (including phenoxy) is 1. The molecule has 0 radical (unpaired) electrons. The molecule has 1 saturated heterocycles. The Hall–Kier alpha value is -2.74. The van der Waals surface area contributed by atoms with Crippen LogP contribution in [-0.2, 0) is 0 Å². The summed E-state index contributed by atoms with van der Waals surface area (Å²) in [5.74, 6) is 1.94. The minimum Gasteiger partial charge on any atom is -0.493 e. The highest BCUT2D eigenvalue weighted by molar-refractivity contribution is 5.75. The number of hydrogen-bond acceptors (Lipinski definition) is 7. The second-order valence-corrected chi connectivity index (χ2v) is 7.25. The van der Waals surface area contributed by atoms with Gasteiger partial charge in [0.1, 0.15) is 0 Å². The number of rotatable bonds is 5. The van der Waals surface area contributed by atoms with Gasteiger partial charge in [-0.25, -0.2) is 19.5 Å². The molecule has 1 saturated carbocycles. The summed E-state index contributed by atoms with van der Waals surface area (Å²) in [6.45, 7) is 2.02. The van der Waals surface area contributed by atoms with Gasteiger partial charge in [0.2, 0.25) is 5.95 Å². The summed E-state index contributed by atoms with van der Waals surface area (Å²) in [5.41, 5.74) is 3.56. The predicted molar refractivity (Wildman–Crippen MR) is 102 cm³/mol. The molecule has 1 unspecified atom stereocenters. The predicted octanol–water partition coefficient (Wildman–Crippen LogP) is 2.24. The van der Waals surface area contributed by atoms with Crippen molar-refractivity contribution in [3.63, 3.8) is 0 Å². The van der Waals surface area contributed by atoms with Crippen LogP contribution >= 0.6 is 0 Å². The first-order valence-electron chi connectivity index (χ1n) is 9.55. The molecule has 2 aliphatic rings. The summed E-state index contributed by atoms with van der Waals surface area (Å²) in [6.07, 6.45) is 10.1. The number of hydrogen-bond donors (Lipinski definition) is 2. The lowest BCUT2D eigenvalue weighted by Crippen LogP contribution is -2.38. The Morgan fingerprint density at radius 1 is 1.26 bits per heavy atom. The van der Waals surface area contributed by atoms with Crippen LogP contribution in [0.1, 0.15) is 37.3 Å². The summed E-state index contributed by atoms with van der Waals surface area (Å²) in [4.78, 5) is 14.0. The molecule has 1 aliphatic heterocycles. The molecule has 140 valence electrons. The first-order valence-corrected chi connectivity index (χ1v) is 9.55. The van der Waals surface area contributed by atoms with Crippen molar-refractivity contribution < 1.29 is 4.74 Å². The monoisotopic (exact) mass is 365 g/mol. The van der Waals surface area contributed by atoms with E-state index in [-0.39, 0.29) is 0 Å². The van der Waals surface area contributed by atoms with Gasteiger partial charge < -0.3 is 15.4 Å². The Morgan fingerprint density at radius 3 is 2.96 bits per heavy atom. The topological polar surface area (TPSA) is 89.3 Å². The zero-order valence-electron chi connectivity index (χ0n) is 15.4. The van der Waals surface area contributed by atoms with E-state index in [2.05, 4.69) is 20.7 Å². The third-order valence-electron chi connectivity index (χ3n) is 5.23. The first kappa shape index (κ1) is 16.4. The molecule has 0 amide bonds. The Labute approximate surface area is 157 Å². The summed E-state index contributed by atoms with van der Waals surface area (Å²) >= 11 is 0. The fourth-order valence-corrected chi connectivity index (χ4v) is 3.63. The summed E-state index contributed by atoms with van der Waals surface area (Å²) in [5, 5.41) is 11.3. The number of nitrogens with zero attached hydrogens (tertiary/aromatic N) is 5. The highest BCUT2D eigenvalue weighted by atomic mass is 16.5. The maximum atomic E-state index is 5.51. The second kappa shape index (κ2) is 6.77. The van der Waals surface area contributed by atoms with Crippen molar-refractivity contribution in [1.29, 1.82) is 0 Å². The molecule has 5 rings (SSSR count). The highest BCUT2D eigenvalue weighted by Crippen LogP contribution is 2.43. The summed E-state index contributed by atoms with van der Waals surface area (Å²) < 4.78 is 7.27. The molecule has 0 spiro atoms. The Morgan fingerprint density at radius 2 is 2.19 bits per heavy atom. The van der Waals surface area contributed by atoms with E-state index in [9.17, 15) is 0 Å². The highest BCUT2D eigenvalue weighted by Gasteiger charge is 2.29. The normalized spacial score (nSPS) is 20.0. The lowest BCUT2D eigenvalue weighted by atomic mass is 10.1. The third kappa shape index (κ3) is 3.21. The molecule has 0 aromatic carbocycles. The lowest BCUT2D eigenvalue weighted by molar-refractivity contribution is 0.403. The van der Waals surface area contributed by atoms with Crippen molar-refractivity contribution in [2.24, 2.45) is 0 Å². The van der Waals surface area contributed by atoms with Gasteiger partial charge in [0.25, 0.3) is 0 Å². The van der Waals surface area contributed by atoms with E-state index < -0.39 is 0 Å². The molecule has 3 aromatic heterocycles. The van der Waals surface area contributed by atoms with Crippen LogP contribution in [0, 0.1) is 0 Å². The number of nitrogens with one attached hydrogen (secondary N) is 2. The molecule has 8 nitrogen and oxygen atoms in total. The van der Waals surface area contributed by atoms with Crippen molar-refractivity contribution in [1.82, 2.24) is 29.9 Å². The molecule has 2 N–H and O–H groups in total. The summed E-state index contributed by atoms with van der Waals surface area (Å²) in [6, 6.07) is 2.27. The number of fused-ring (bicyclic) bond motifs is 1. The average Bonchev–Trinajstić information content (AvgIpc) is 3.47. The van der Waals surface area contributed by atoms with Crippen LogP contribution in [0.25, 0.3) is 16.9 Å². The van der Waals surface area contributed by atoms with Crippen molar-refractivity contribution in [3.8, 4) is 17.0 Å². The van der Waals surface area contributed by atoms with E-state index in [1.165, 1.54) is 19.3 Å². The lowest BCUT2D eigenvalue weighted by Gasteiger charge is -2.23. The molecule has 1 aliphatic carbocycles. The zero-order chi connectivity index (χ0) is 18.2. The van der Waals surface area contributed by atoms with Crippen LogP contribution in [0.2, 0.25) is 0 Å². The number of anilines is 1. The molecule has 0 bridgehead atoms. The molecular formula is C19H23N7O. The van der Waals surface area contributed by atoms with Crippen molar-refractivity contribution in [3.05, 3.63) is 30.4 Å². The third-order valence-corrected chi connectivity index (χ3v) is 5.23. The molecule has 4 heterocycles. The SMILES string of the molecule is COc1cn2ncc(-c3ccnc(NC4CCCNC4)n3)c2nc1C1CC1. The second-order valence-electron chi connectivity index (χ2n) is 7.25. The standard InChI is InChI=1S/C19H23N7O/c1-27-16-11-26-18(25-17(16)12-4-5-12)14(10-22-26)15-6-8-21-19(24-15)23-13-3-2-7-20-9-13/h6,8,10-13,20H,2-5,7,9H2,1H3,(H,21,23,24). The van der Waals surface area contributed by atoms with Gasteiger partial charge in [0.05, 0.1) is 36.5 Å². The van der Waals surface area contributed by atoms with Crippen LogP contribution in [0.3, 0.4) is 0 Å². The van der Waals surface area contributed by atoms with Crippen molar-refractivity contribution >= 4 is 11.6 Å². The van der Waals surface area contributed by atoms with Crippen LogP contribution in [0.5, 0.6) is 5.75 Å². The fourth-order valence-electron chi connectivity index (χ4n) is 3.63. The van der Waals surface area contributed by atoms with Gasteiger partial charge in [-0.2, -0.15) is 5.10 Å². The fraction of sp³-hybridized carbons (Fsp3) is 0.474. The maximum absolute atomic E-state index is 5.51. The van der Waals surface area contributed by atoms with E-state index in [0.717, 1.165) is 47.9 Å². The quantitative estimate of drug-likeness (QED) is 0.717. The van der Waals surface area contributed by atoms with E-state index in [4.69, 9.17) is 14.7 Å². The van der Waals surface area contributed by atoms with E-state index in [1.54, 1.807) is 17.8 Å². The zero-order valence-corrected chi connectivity index (χ0v) is 15.4. The van der Waals surface area contributed by atoms with Gasteiger partial charge in [0.15, 0.2) is 11.4 Å². The Balaban J connectivity index is 1.49. The Bertz CT molecular complexity index is 960. The smallest absolute Gasteiger partial charge is 0.223 e. The van der Waals surface area contributed by atoms with Gasteiger partial charge in [-0.05, 0) is 38.3 Å². The summed E-state index contributed by atoms with van der Waals surface area (Å²) in [7, 11) is 1.68. The van der Waals surface area contributed by atoms with Crippen LogP contribution < -0.4 is 15.4 Å². The molecular weight excluding hydrogens is 342 g/mol. The van der Waals surface area contributed by atoms with E-state index in [0.29, 0.717) is 17.9 Å². The van der Waals surface area contributed by atoms with E-state index in [1.807, 2.05) is 18.5 Å². The van der Waals surface area contributed by atoms with Gasteiger partial charge in [-0.1, -0.05) is 0 Å². The minimum absolute atomic E-state index is 0.363. The Kier molecular flexibility index (Phi) is 4.12. The number of methoxy groups -OCH3 is 1. The van der Waals surface area contributed by atoms with Crippen LogP contribution in [-0.4, -0.2) is 50.8 Å². The maximum Gasteiger partial charge on any atom is 0.223 e. The van der Waals surface area contributed by atoms with Crippen molar-refractivity contribution in [2.45, 2.75) is 37.6 Å². The van der Waals surface area contributed by atoms with Gasteiger partial charge >= 0.3 is 0 Å². The number of aromatic nitrogens is 5. The van der Waals surface area contributed by atoms with Crippen molar-refractivity contribution in [2.75, 3.05) is 25.5 Å². The molecule has 8 heteroatoms. The van der Waals surface area contributed by atoms with E-state index >= 15 is 0 Å². The van der Waals surface area contributed by atoms with Crippen LogP contribution in [0.4, 0.5) is 5.95 Å². The largest absolute Gasteiger partial charge is 0.493 e. The van der Waals surface area contributed by atoms with Gasteiger partial charge in [-0.15, -0.1) is 0 Å². The molecule has 1 atom stereocenters. The number of piperidine rings is 1. The first-order chi connectivity index (χ1) is 13.3. The van der Waals surface area contributed by atoms with Crippen LogP contribution in [0.15, 0.2) is 24.7 Å². The molecule has 27 heavy (non-hydrogen) atoms. The van der Waals surface area contributed by atoms with Gasteiger partial charge in [-0.3, -0.25) is 0 Å². The molecule has 3 aromatic rings. The molecule has 2 fully saturated rings. The minimum atomic E-state index is 0.363. The average molecular weight is 365 g/mol.